The van der Waals surface area contributed by atoms with Gasteiger partial charge in [-0.15, -0.1) is 0 Å². The van der Waals surface area contributed by atoms with Crippen LogP contribution in [0.4, 0.5) is 4.39 Å². The van der Waals surface area contributed by atoms with Gasteiger partial charge in [0, 0.05) is 18.5 Å². The Labute approximate surface area is 158 Å². The third-order valence-corrected chi connectivity index (χ3v) is 6.42. The number of carbonyl (C=O) groups excluding carboxylic acids is 1. The molecule has 3 aliphatic rings. The molecule has 4 nitrogen and oxygen atoms in total. The summed E-state index contributed by atoms with van der Waals surface area (Å²) in [4.78, 5) is 15.6. The molecule has 1 aliphatic carbocycles. The van der Waals surface area contributed by atoms with Gasteiger partial charge in [-0.3, -0.25) is 4.79 Å². The molecule has 5 heteroatoms. The lowest BCUT2D eigenvalue weighted by molar-refractivity contribution is -0.156. The van der Waals surface area contributed by atoms with Crippen molar-refractivity contribution < 1.29 is 13.9 Å². The third-order valence-electron chi connectivity index (χ3n) is 6.42. The molecule has 2 fully saturated rings. The standard InChI is InChI=1S/C22H23FN2O2/c23-17-7-5-16(6-8-17)19-18-4-2-1-3-15(18)9-12-25(19)20(26)22-11-10-21(24,13-22)14-27-22/h1-8,19H,9-14,24H2/t19-,21-,22-/m1/s1. The van der Waals surface area contributed by atoms with Gasteiger partial charge in [-0.05, 0) is 48.1 Å². The van der Waals surface area contributed by atoms with Crippen LogP contribution < -0.4 is 5.73 Å². The van der Waals surface area contributed by atoms with E-state index in [0.29, 0.717) is 26.0 Å². The molecule has 2 N–H and O–H groups in total. The molecule has 0 unspecified atom stereocenters. The minimum Gasteiger partial charge on any atom is -0.363 e. The van der Waals surface area contributed by atoms with Crippen LogP contribution in [0.25, 0.3) is 0 Å². The number of hydrogen-bond acceptors (Lipinski definition) is 3. The molecule has 2 heterocycles. The zero-order chi connectivity index (χ0) is 18.6. The van der Waals surface area contributed by atoms with E-state index >= 15 is 0 Å². The molecule has 2 aromatic carbocycles. The van der Waals surface area contributed by atoms with Crippen molar-refractivity contribution in [3.05, 3.63) is 71.0 Å². The van der Waals surface area contributed by atoms with Gasteiger partial charge in [0.15, 0.2) is 0 Å². The summed E-state index contributed by atoms with van der Waals surface area (Å²) < 4.78 is 19.5. The summed E-state index contributed by atoms with van der Waals surface area (Å²) in [6, 6.07) is 14.4. The fraction of sp³-hybridized carbons (Fsp3) is 0.409. The molecular formula is C22H23FN2O2. The molecule has 5 rings (SSSR count). The van der Waals surface area contributed by atoms with Gasteiger partial charge in [-0.2, -0.15) is 0 Å². The maximum atomic E-state index is 13.7. The smallest absolute Gasteiger partial charge is 0.255 e. The van der Waals surface area contributed by atoms with E-state index in [9.17, 15) is 9.18 Å². The SMILES string of the molecule is N[C@]12CC[C@](C(=O)N3CCc4ccccc4[C@H]3c3ccc(F)cc3)(C1)OC2. The molecule has 0 spiro atoms. The van der Waals surface area contributed by atoms with Gasteiger partial charge in [0.25, 0.3) is 5.91 Å². The van der Waals surface area contributed by atoms with Crippen LogP contribution in [-0.2, 0) is 16.0 Å². The number of nitrogens with zero attached hydrogens (tertiary/aromatic N) is 1. The van der Waals surface area contributed by atoms with Crippen LogP contribution in [0.15, 0.2) is 48.5 Å². The fourth-order valence-corrected chi connectivity index (χ4v) is 5.02. The second-order valence-electron chi connectivity index (χ2n) is 8.22. The van der Waals surface area contributed by atoms with E-state index in [1.54, 1.807) is 12.1 Å². The van der Waals surface area contributed by atoms with Crippen LogP contribution in [0.5, 0.6) is 0 Å². The second-order valence-corrected chi connectivity index (χ2v) is 8.22. The number of hydrogen-bond donors (Lipinski definition) is 1. The first kappa shape index (κ1) is 16.9. The molecule has 27 heavy (non-hydrogen) atoms. The number of halogens is 1. The lowest BCUT2D eigenvalue weighted by atomic mass is 9.86. The molecule has 2 aliphatic heterocycles. The lowest BCUT2D eigenvalue weighted by Gasteiger charge is -2.41. The summed E-state index contributed by atoms with van der Waals surface area (Å²) in [6.07, 6.45) is 2.90. The maximum absolute atomic E-state index is 13.7. The van der Waals surface area contributed by atoms with Crippen LogP contribution in [0.3, 0.4) is 0 Å². The van der Waals surface area contributed by atoms with Crippen LogP contribution in [0, 0.1) is 5.82 Å². The van der Waals surface area contributed by atoms with E-state index in [1.165, 1.54) is 17.7 Å². The largest absolute Gasteiger partial charge is 0.363 e. The topological polar surface area (TPSA) is 55.6 Å². The fourth-order valence-electron chi connectivity index (χ4n) is 5.02. The normalized spacial score (nSPS) is 31.8. The van der Waals surface area contributed by atoms with E-state index in [0.717, 1.165) is 24.0 Å². The summed E-state index contributed by atoms with van der Waals surface area (Å²) in [5.41, 5.74) is 8.46. The highest BCUT2D eigenvalue weighted by Crippen LogP contribution is 2.48. The number of nitrogens with two attached hydrogens (primary N) is 1. The first-order valence-corrected chi connectivity index (χ1v) is 9.57. The second kappa shape index (κ2) is 5.88. The third kappa shape index (κ3) is 2.60. The van der Waals surface area contributed by atoms with Gasteiger partial charge in [-0.25, -0.2) is 4.39 Å². The van der Waals surface area contributed by atoms with Crippen molar-refractivity contribution >= 4 is 5.91 Å². The molecule has 1 saturated heterocycles. The van der Waals surface area contributed by atoms with Crippen molar-refractivity contribution in [2.45, 2.75) is 42.9 Å². The van der Waals surface area contributed by atoms with Crippen LogP contribution >= 0.6 is 0 Å². The average molecular weight is 366 g/mol. The van der Waals surface area contributed by atoms with Crippen molar-refractivity contribution in [2.75, 3.05) is 13.2 Å². The highest BCUT2D eigenvalue weighted by atomic mass is 19.1. The van der Waals surface area contributed by atoms with Crippen molar-refractivity contribution in [1.82, 2.24) is 4.90 Å². The van der Waals surface area contributed by atoms with Gasteiger partial charge in [-0.1, -0.05) is 36.4 Å². The van der Waals surface area contributed by atoms with Gasteiger partial charge in [0.2, 0.25) is 0 Å². The number of ether oxygens (including phenoxy) is 1. The molecule has 0 aromatic heterocycles. The Bertz CT molecular complexity index is 887. The minimum absolute atomic E-state index is 0.0242. The maximum Gasteiger partial charge on any atom is 0.255 e. The van der Waals surface area contributed by atoms with Crippen molar-refractivity contribution in [2.24, 2.45) is 5.73 Å². The number of amides is 1. The summed E-state index contributed by atoms with van der Waals surface area (Å²) in [5.74, 6) is -0.252. The monoisotopic (exact) mass is 366 g/mol. The van der Waals surface area contributed by atoms with Crippen molar-refractivity contribution in [3.63, 3.8) is 0 Å². The Morgan fingerprint density at radius 2 is 1.93 bits per heavy atom. The number of carbonyl (C=O) groups is 1. The van der Waals surface area contributed by atoms with E-state index in [2.05, 4.69) is 12.1 Å². The Kier molecular flexibility index (Phi) is 3.68. The molecule has 2 aromatic rings. The van der Waals surface area contributed by atoms with Gasteiger partial charge in [0.05, 0.1) is 12.6 Å². The first-order chi connectivity index (χ1) is 13.0. The van der Waals surface area contributed by atoms with Gasteiger partial charge >= 0.3 is 0 Å². The predicted octanol–water partition coefficient (Wildman–Crippen LogP) is 2.95. The van der Waals surface area contributed by atoms with E-state index in [-0.39, 0.29) is 23.3 Å². The summed E-state index contributed by atoms with van der Waals surface area (Å²) in [6.45, 7) is 1.07. The van der Waals surface area contributed by atoms with Gasteiger partial charge < -0.3 is 15.4 Å². The lowest BCUT2D eigenvalue weighted by Crippen LogP contribution is -2.51. The molecule has 0 radical (unpaired) electrons. The number of benzene rings is 2. The van der Waals surface area contributed by atoms with E-state index < -0.39 is 5.60 Å². The van der Waals surface area contributed by atoms with Crippen LogP contribution in [0.2, 0.25) is 0 Å². The molecule has 1 amide bonds. The highest BCUT2D eigenvalue weighted by Gasteiger charge is 2.59. The summed E-state index contributed by atoms with van der Waals surface area (Å²) in [7, 11) is 0. The number of fused-ring (bicyclic) bond motifs is 3. The van der Waals surface area contributed by atoms with Crippen LogP contribution in [0.1, 0.15) is 42.0 Å². The first-order valence-electron chi connectivity index (χ1n) is 9.57. The number of rotatable bonds is 2. The average Bonchev–Trinajstić information content (AvgIpc) is 3.22. The zero-order valence-corrected chi connectivity index (χ0v) is 15.2. The molecule has 1 saturated carbocycles. The van der Waals surface area contributed by atoms with Crippen molar-refractivity contribution in [1.29, 1.82) is 0 Å². The van der Waals surface area contributed by atoms with E-state index in [1.807, 2.05) is 17.0 Å². The van der Waals surface area contributed by atoms with E-state index in [4.69, 9.17) is 10.5 Å². The quantitative estimate of drug-likeness (QED) is 0.889. The summed E-state index contributed by atoms with van der Waals surface area (Å²) >= 11 is 0. The highest BCUT2D eigenvalue weighted by molar-refractivity contribution is 5.87. The van der Waals surface area contributed by atoms with Crippen LogP contribution in [-0.4, -0.2) is 35.1 Å². The molecular weight excluding hydrogens is 343 g/mol. The molecule has 3 atom stereocenters. The molecule has 2 bridgehead atoms. The predicted molar refractivity (Wildman–Crippen MR) is 99.6 cm³/mol. The van der Waals surface area contributed by atoms with Crippen molar-refractivity contribution in [3.8, 4) is 0 Å². The molecule has 140 valence electrons. The zero-order valence-electron chi connectivity index (χ0n) is 15.2. The minimum atomic E-state index is -0.792. The Morgan fingerprint density at radius 1 is 1.15 bits per heavy atom. The van der Waals surface area contributed by atoms with Gasteiger partial charge in [0.1, 0.15) is 11.4 Å². The Morgan fingerprint density at radius 3 is 2.59 bits per heavy atom. The summed E-state index contributed by atoms with van der Waals surface area (Å²) in [5, 5.41) is 0. The Balaban J connectivity index is 1.57. The Hall–Kier alpha value is -2.24.